The van der Waals surface area contributed by atoms with Crippen molar-refractivity contribution in [2.24, 2.45) is 0 Å². The van der Waals surface area contributed by atoms with E-state index in [2.05, 4.69) is 20.4 Å². The SMILES string of the molecule is N=c1c2c(nnn1O)nn1c(N)ccnc21. The summed E-state index contributed by atoms with van der Waals surface area (Å²) in [6, 6.07) is 1.57. The highest BCUT2D eigenvalue weighted by Gasteiger charge is 2.12. The Morgan fingerprint density at radius 1 is 1.44 bits per heavy atom. The smallest absolute Gasteiger partial charge is 0.211 e. The van der Waals surface area contributed by atoms with Crippen LogP contribution in [0.25, 0.3) is 16.7 Å². The van der Waals surface area contributed by atoms with Crippen LogP contribution in [-0.2, 0) is 0 Å². The first kappa shape index (κ1) is 8.59. The molecule has 3 aromatic rings. The summed E-state index contributed by atoms with van der Waals surface area (Å²) in [5, 5.41) is 28.1. The molecule has 0 aliphatic carbocycles. The normalized spacial score (nSPS) is 11.2. The van der Waals surface area contributed by atoms with Gasteiger partial charge in [-0.3, -0.25) is 5.41 Å². The first-order chi connectivity index (χ1) is 7.68. The van der Waals surface area contributed by atoms with Crippen LogP contribution >= 0.6 is 0 Å². The van der Waals surface area contributed by atoms with Gasteiger partial charge in [0.15, 0.2) is 11.1 Å². The molecule has 0 saturated carbocycles. The molecule has 0 amide bonds. The summed E-state index contributed by atoms with van der Waals surface area (Å²) in [6.07, 6.45) is 1.49. The third-order valence-corrected chi connectivity index (χ3v) is 2.19. The first-order valence-electron chi connectivity index (χ1n) is 4.31. The summed E-state index contributed by atoms with van der Waals surface area (Å²) in [6.45, 7) is 0. The highest BCUT2D eigenvalue weighted by molar-refractivity contribution is 5.88. The van der Waals surface area contributed by atoms with Gasteiger partial charge in [-0.2, -0.15) is 4.52 Å². The van der Waals surface area contributed by atoms with E-state index in [9.17, 15) is 5.21 Å². The number of nitrogens with two attached hydrogens (primary N) is 1. The molecule has 80 valence electrons. The summed E-state index contributed by atoms with van der Waals surface area (Å²) in [5.41, 5.74) is 6.02. The van der Waals surface area contributed by atoms with Crippen molar-refractivity contribution < 1.29 is 5.21 Å². The van der Waals surface area contributed by atoms with Crippen molar-refractivity contribution in [2.45, 2.75) is 0 Å². The molecule has 16 heavy (non-hydrogen) atoms. The van der Waals surface area contributed by atoms with Crippen LogP contribution in [0.5, 0.6) is 0 Å². The highest BCUT2D eigenvalue weighted by atomic mass is 16.5. The Morgan fingerprint density at radius 2 is 2.25 bits per heavy atom. The third-order valence-electron chi connectivity index (χ3n) is 2.19. The van der Waals surface area contributed by atoms with Gasteiger partial charge in [0.1, 0.15) is 11.2 Å². The van der Waals surface area contributed by atoms with Gasteiger partial charge in [-0.1, -0.05) is 4.85 Å². The van der Waals surface area contributed by atoms with Crippen molar-refractivity contribution in [3.8, 4) is 0 Å². The van der Waals surface area contributed by atoms with Crippen molar-refractivity contribution in [2.75, 3.05) is 5.73 Å². The van der Waals surface area contributed by atoms with Gasteiger partial charge < -0.3 is 10.9 Å². The summed E-state index contributed by atoms with van der Waals surface area (Å²) in [4.78, 5) is 4.40. The predicted octanol–water partition coefficient (Wildman–Crippen LogP) is -1.23. The fourth-order valence-electron chi connectivity index (χ4n) is 1.46. The van der Waals surface area contributed by atoms with Crippen LogP contribution in [0.1, 0.15) is 0 Å². The number of hydrogen-bond acceptors (Lipinski definition) is 7. The minimum absolute atomic E-state index is 0.209. The Bertz CT molecular complexity index is 756. The number of aromatic nitrogens is 6. The molecule has 0 spiro atoms. The molecule has 9 heteroatoms. The molecule has 4 N–H and O–H groups in total. The lowest BCUT2D eigenvalue weighted by Crippen LogP contribution is -2.21. The van der Waals surface area contributed by atoms with Crippen LogP contribution in [0, 0.1) is 5.41 Å². The number of rotatable bonds is 0. The van der Waals surface area contributed by atoms with Gasteiger partial charge in [0, 0.05) is 6.20 Å². The Balaban J connectivity index is 2.69. The van der Waals surface area contributed by atoms with Crippen LogP contribution in [-0.4, -0.2) is 35.0 Å². The fraction of sp³-hybridized carbons (Fsp3) is 0. The molecule has 0 radical (unpaired) electrons. The molecule has 3 aromatic heterocycles. The second-order valence-electron chi connectivity index (χ2n) is 3.13. The largest absolute Gasteiger partial charge is 0.409 e. The average Bonchev–Trinajstić information content (AvgIpc) is 2.64. The average molecular weight is 218 g/mol. The maximum absolute atomic E-state index is 9.22. The molecule has 0 unspecified atom stereocenters. The van der Waals surface area contributed by atoms with Gasteiger partial charge in [-0.25, -0.2) is 4.98 Å². The monoisotopic (exact) mass is 218 g/mol. The zero-order valence-corrected chi connectivity index (χ0v) is 7.86. The fourth-order valence-corrected chi connectivity index (χ4v) is 1.46. The Morgan fingerprint density at radius 3 is 3.06 bits per heavy atom. The number of nitrogens with zero attached hydrogens (tertiary/aromatic N) is 6. The van der Waals surface area contributed by atoms with Crippen LogP contribution < -0.4 is 11.2 Å². The molecule has 0 bridgehead atoms. The van der Waals surface area contributed by atoms with E-state index in [4.69, 9.17) is 11.1 Å². The molecule has 0 fully saturated rings. The van der Waals surface area contributed by atoms with Crippen molar-refractivity contribution in [1.82, 2.24) is 29.8 Å². The number of hydrogen-bond donors (Lipinski definition) is 3. The molecule has 0 saturated heterocycles. The van der Waals surface area contributed by atoms with E-state index in [1.807, 2.05) is 0 Å². The maximum atomic E-state index is 9.22. The lowest BCUT2D eigenvalue weighted by molar-refractivity contribution is 0.123. The third kappa shape index (κ3) is 0.908. The van der Waals surface area contributed by atoms with Gasteiger partial charge in [-0.15, -0.1) is 10.2 Å². The number of anilines is 1. The highest BCUT2D eigenvalue weighted by Crippen LogP contribution is 2.13. The van der Waals surface area contributed by atoms with Crippen LogP contribution in [0.15, 0.2) is 12.3 Å². The van der Waals surface area contributed by atoms with Crippen LogP contribution in [0.4, 0.5) is 5.82 Å². The van der Waals surface area contributed by atoms with Gasteiger partial charge in [0.25, 0.3) is 0 Å². The van der Waals surface area contributed by atoms with Crippen molar-refractivity contribution >= 4 is 22.5 Å². The summed E-state index contributed by atoms with van der Waals surface area (Å²) in [7, 11) is 0. The van der Waals surface area contributed by atoms with Crippen molar-refractivity contribution in [3.05, 3.63) is 17.8 Å². The minimum atomic E-state index is -0.238. The van der Waals surface area contributed by atoms with E-state index in [-0.39, 0.29) is 11.1 Å². The second-order valence-corrected chi connectivity index (χ2v) is 3.13. The van der Waals surface area contributed by atoms with Crippen molar-refractivity contribution in [3.63, 3.8) is 0 Å². The molecular weight excluding hydrogens is 212 g/mol. The maximum Gasteiger partial charge on any atom is 0.211 e. The first-order valence-corrected chi connectivity index (χ1v) is 4.31. The summed E-state index contributed by atoms with van der Waals surface area (Å²) in [5.74, 6) is 0.367. The van der Waals surface area contributed by atoms with Crippen LogP contribution in [0.3, 0.4) is 0 Å². The number of nitrogen functional groups attached to an aromatic ring is 1. The lowest BCUT2D eigenvalue weighted by atomic mass is 10.4. The molecule has 0 atom stereocenters. The minimum Gasteiger partial charge on any atom is -0.409 e. The van der Waals surface area contributed by atoms with Gasteiger partial charge in [-0.05, 0) is 11.3 Å². The van der Waals surface area contributed by atoms with E-state index < -0.39 is 0 Å². The Hall–Kier alpha value is -2.71. The topological polar surface area (TPSA) is 131 Å². The number of fused-ring (bicyclic) bond motifs is 3. The Labute approximate surface area is 87.2 Å². The zero-order valence-electron chi connectivity index (χ0n) is 7.86. The van der Waals surface area contributed by atoms with E-state index in [0.717, 1.165) is 0 Å². The summed E-state index contributed by atoms with van der Waals surface area (Å²) >= 11 is 0. The van der Waals surface area contributed by atoms with E-state index in [1.165, 1.54) is 10.7 Å². The summed E-state index contributed by atoms with van der Waals surface area (Å²) < 4.78 is 1.34. The standard InChI is InChI=1S/C7H6N8O/c8-3-1-2-10-7-4-5(9)15(16)13-11-6(4)12-14(3)7/h1-2,9,16H,8H2. The predicted molar refractivity (Wildman–Crippen MR) is 51.5 cm³/mol. The van der Waals surface area contributed by atoms with Crippen molar-refractivity contribution in [1.29, 1.82) is 5.41 Å². The van der Waals surface area contributed by atoms with E-state index >= 15 is 0 Å². The molecule has 3 rings (SSSR count). The van der Waals surface area contributed by atoms with Gasteiger partial charge >= 0.3 is 0 Å². The number of nitrogens with one attached hydrogen (secondary N) is 1. The van der Waals surface area contributed by atoms with Gasteiger partial charge in [0.2, 0.25) is 5.65 Å². The zero-order chi connectivity index (χ0) is 11.3. The second kappa shape index (κ2) is 2.66. The molecule has 3 heterocycles. The molecule has 9 nitrogen and oxygen atoms in total. The van der Waals surface area contributed by atoms with E-state index in [1.54, 1.807) is 6.07 Å². The van der Waals surface area contributed by atoms with Crippen LogP contribution in [0.2, 0.25) is 0 Å². The molecule has 0 aliphatic rings. The Kier molecular flexibility index (Phi) is 1.42. The molecular formula is C7H6N8O. The van der Waals surface area contributed by atoms with Gasteiger partial charge in [0.05, 0.1) is 0 Å². The quantitative estimate of drug-likeness (QED) is 0.405. The molecule has 0 aliphatic heterocycles. The lowest BCUT2D eigenvalue weighted by Gasteiger charge is -1.95. The molecule has 0 aromatic carbocycles. The van der Waals surface area contributed by atoms with E-state index in [0.29, 0.717) is 21.7 Å².